The number of carbonyl (C=O) groups excluding carboxylic acids is 2. The van der Waals surface area contributed by atoms with Gasteiger partial charge in [0.05, 0.1) is 0 Å². The van der Waals surface area contributed by atoms with Crippen molar-refractivity contribution in [1.29, 1.82) is 0 Å². The van der Waals surface area contributed by atoms with Crippen LogP contribution in [0, 0.1) is 18.3 Å². The van der Waals surface area contributed by atoms with E-state index in [1.54, 1.807) is 13.0 Å². The fourth-order valence-corrected chi connectivity index (χ4v) is 4.34. The van der Waals surface area contributed by atoms with Gasteiger partial charge in [0, 0.05) is 23.9 Å². The standard InChI is InChI=1S/C22H27F3N4O4/c1-4-5-6-13(3)18(30)26-11-21-9-14(29(20(32)33)16(21)10-21)19(31)28-17-12(2)7-8-15(27-17)22(23,24)25/h4,7-8,13-14,16H,1,5-6,9-11H2,2-3H3,(H,26,30)(H,32,33)(H,27,28,31). The van der Waals surface area contributed by atoms with Gasteiger partial charge in [-0.15, -0.1) is 6.58 Å². The highest BCUT2D eigenvalue weighted by molar-refractivity contribution is 5.97. The Labute approximate surface area is 189 Å². The Kier molecular flexibility index (Phi) is 6.71. The first-order valence-electron chi connectivity index (χ1n) is 10.6. The predicted octanol–water partition coefficient (Wildman–Crippen LogP) is 3.58. The van der Waals surface area contributed by atoms with E-state index in [9.17, 15) is 32.7 Å². The van der Waals surface area contributed by atoms with Crippen molar-refractivity contribution in [3.8, 4) is 0 Å². The first-order valence-corrected chi connectivity index (χ1v) is 10.6. The lowest BCUT2D eigenvalue weighted by molar-refractivity contribution is -0.141. The Bertz CT molecular complexity index is 967. The van der Waals surface area contributed by atoms with Crippen LogP contribution in [-0.4, -0.2) is 51.5 Å². The summed E-state index contributed by atoms with van der Waals surface area (Å²) < 4.78 is 39.0. The maximum atomic E-state index is 13.0. The molecule has 4 atom stereocenters. The van der Waals surface area contributed by atoms with Gasteiger partial charge in [-0.05, 0) is 44.2 Å². The van der Waals surface area contributed by atoms with Gasteiger partial charge in [-0.1, -0.05) is 19.1 Å². The predicted molar refractivity (Wildman–Crippen MR) is 113 cm³/mol. The molecule has 4 unspecified atom stereocenters. The molecule has 0 spiro atoms. The molecule has 3 rings (SSSR count). The van der Waals surface area contributed by atoms with E-state index in [0.29, 0.717) is 24.8 Å². The minimum Gasteiger partial charge on any atom is -0.465 e. The Morgan fingerprint density at radius 1 is 1.36 bits per heavy atom. The summed E-state index contributed by atoms with van der Waals surface area (Å²) in [5.74, 6) is -1.40. The van der Waals surface area contributed by atoms with E-state index in [2.05, 4.69) is 22.2 Å². The number of carbonyl (C=O) groups is 3. The van der Waals surface area contributed by atoms with Gasteiger partial charge < -0.3 is 15.7 Å². The number of carboxylic acid groups (broad SMARTS) is 1. The number of aromatic nitrogens is 1. The van der Waals surface area contributed by atoms with Crippen LogP contribution in [-0.2, 0) is 15.8 Å². The molecular formula is C22H27F3N4O4. The fourth-order valence-electron chi connectivity index (χ4n) is 4.34. The largest absolute Gasteiger partial charge is 0.465 e. The molecule has 180 valence electrons. The third kappa shape index (κ3) is 5.12. The van der Waals surface area contributed by atoms with Crippen molar-refractivity contribution in [2.45, 2.75) is 57.8 Å². The average Bonchev–Trinajstić information content (AvgIpc) is 3.33. The van der Waals surface area contributed by atoms with E-state index in [1.807, 2.05) is 0 Å². The lowest BCUT2D eigenvalue weighted by Gasteiger charge is -2.24. The van der Waals surface area contributed by atoms with Crippen LogP contribution in [0.5, 0.6) is 0 Å². The van der Waals surface area contributed by atoms with Crippen molar-refractivity contribution >= 4 is 23.7 Å². The highest BCUT2D eigenvalue weighted by Gasteiger charge is 2.67. The summed E-state index contributed by atoms with van der Waals surface area (Å²) in [7, 11) is 0. The maximum absolute atomic E-state index is 13.0. The van der Waals surface area contributed by atoms with Crippen LogP contribution in [0.25, 0.3) is 0 Å². The van der Waals surface area contributed by atoms with E-state index >= 15 is 0 Å². The minimum atomic E-state index is -4.68. The van der Waals surface area contributed by atoms with Gasteiger partial charge in [-0.2, -0.15) is 13.2 Å². The van der Waals surface area contributed by atoms with Crippen molar-refractivity contribution in [1.82, 2.24) is 15.2 Å². The number of hydrogen-bond acceptors (Lipinski definition) is 4. The van der Waals surface area contributed by atoms with Gasteiger partial charge in [0.1, 0.15) is 17.6 Å². The summed E-state index contributed by atoms with van der Waals surface area (Å²) in [6.07, 6.45) is -2.24. The molecule has 2 heterocycles. The van der Waals surface area contributed by atoms with Crippen LogP contribution in [0.4, 0.5) is 23.8 Å². The number of fused-ring (bicyclic) bond motifs is 1. The highest BCUT2D eigenvalue weighted by Crippen LogP contribution is 2.59. The number of amides is 3. The fraction of sp³-hybridized carbons (Fsp3) is 0.545. The molecule has 0 bridgehead atoms. The van der Waals surface area contributed by atoms with Crippen molar-refractivity contribution in [2.24, 2.45) is 11.3 Å². The molecule has 0 aromatic carbocycles. The number of nitrogens with one attached hydrogen (secondary N) is 2. The zero-order valence-corrected chi connectivity index (χ0v) is 18.4. The molecule has 1 aromatic heterocycles. The third-order valence-corrected chi connectivity index (χ3v) is 6.44. The van der Waals surface area contributed by atoms with Crippen LogP contribution in [0.2, 0.25) is 0 Å². The molecule has 2 aliphatic rings. The summed E-state index contributed by atoms with van der Waals surface area (Å²) >= 11 is 0. The molecule has 0 radical (unpaired) electrons. The minimum absolute atomic E-state index is 0.157. The normalized spacial score (nSPS) is 24.6. The van der Waals surface area contributed by atoms with Crippen molar-refractivity contribution in [3.63, 3.8) is 0 Å². The van der Waals surface area contributed by atoms with Crippen LogP contribution in [0.3, 0.4) is 0 Å². The second kappa shape index (κ2) is 9.03. The quantitative estimate of drug-likeness (QED) is 0.505. The molecular weight excluding hydrogens is 441 g/mol. The molecule has 1 saturated carbocycles. The lowest BCUT2D eigenvalue weighted by Crippen LogP contribution is -2.45. The number of hydrogen-bond donors (Lipinski definition) is 3. The number of likely N-dealkylation sites (tertiary alicyclic amines) is 1. The Morgan fingerprint density at radius 2 is 2.06 bits per heavy atom. The molecule has 2 fully saturated rings. The molecule has 8 nitrogen and oxygen atoms in total. The first kappa shape index (κ1) is 24.5. The van der Waals surface area contributed by atoms with Gasteiger partial charge in [0.25, 0.3) is 0 Å². The molecule has 3 amide bonds. The number of pyridine rings is 1. The highest BCUT2D eigenvalue weighted by atomic mass is 19.4. The number of anilines is 1. The SMILES string of the molecule is C=CCCC(C)C(=O)NCC12CC(C(=O)Nc3nc(C(F)(F)F)ccc3C)N(C(=O)O)C1C2. The monoisotopic (exact) mass is 468 g/mol. The van der Waals surface area contributed by atoms with Crippen LogP contribution >= 0.6 is 0 Å². The number of piperidine rings is 1. The van der Waals surface area contributed by atoms with Crippen LogP contribution in [0.1, 0.15) is 43.9 Å². The number of alkyl halides is 3. The number of allylic oxidation sites excluding steroid dienone is 1. The summed E-state index contributed by atoms with van der Waals surface area (Å²) in [5, 5.41) is 14.9. The second-order valence-electron chi connectivity index (χ2n) is 8.83. The van der Waals surface area contributed by atoms with E-state index < -0.39 is 41.4 Å². The lowest BCUT2D eigenvalue weighted by atomic mass is 9.98. The van der Waals surface area contributed by atoms with Gasteiger partial charge in [-0.3, -0.25) is 14.5 Å². The molecule has 1 aliphatic carbocycles. The number of nitrogens with zero attached hydrogens (tertiary/aromatic N) is 2. The zero-order chi connectivity index (χ0) is 24.6. The van der Waals surface area contributed by atoms with Gasteiger partial charge in [-0.25, -0.2) is 9.78 Å². The topological polar surface area (TPSA) is 112 Å². The molecule has 1 saturated heterocycles. The van der Waals surface area contributed by atoms with E-state index in [4.69, 9.17) is 0 Å². The van der Waals surface area contributed by atoms with Gasteiger partial charge in [0.2, 0.25) is 11.8 Å². The van der Waals surface area contributed by atoms with Crippen molar-refractivity contribution in [2.75, 3.05) is 11.9 Å². The number of aryl methyl sites for hydroxylation is 1. The summed E-state index contributed by atoms with van der Waals surface area (Å²) in [4.78, 5) is 41.6. The first-order chi connectivity index (χ1) is 15.4. The zero-order valence-electron chi connectivity index (χ0n) is 18.4. The Balaban J connectivity index is 1.70. The Morgan fingerprint density at radius 3 is 2.67 bits per heavy atom. The van der Waals surface area contributed by atoms with E-state index in [0.717, 1.165) is 11.0 Å². The van der Waals surface area contributed by atoms with E-state index in [1.165, 1.54) is 13.0 Å². The molecule has 1 aromatic rings. The van der Waals surface area contributed by atoms with Crippen molar-refractivity contribution < 1.29 is 32.7 Å². The number of halogens is 3. The van der Waals surface area contributed by atoms with Gasteiger partial charge in [0.15, 0.2) is 0 Å². The molecule has 11 heteroatoms. The second-order valence-corrected chi connectivity index (χ2v) is 8.83. The number of rotatable bonds is 8. The molecule has 1 aliphatic heterocycles. The van der Waals surface area contributed by atoms with Crippen LogP contribution < -0.4 is 10.6 Å². The average molecular weight is 468 g/mol. The Hall–Kier alpha value is -3.11. The maximum Gasteiger partial charge on any atom is 0.433 e. The summed E-state index contributed by atoms with van der Waals surface area (Å²) in [6, 6.07) is 0.474. The summed E-state index contributed by atoms with van der Waals surface area (Å²) in [5.41, 5.74) is -1.40. The smallest absolute Gasteiger partial charge is 0.433 e. The summed E-state index contributed by atoms with van der Waals surface area (Å²) in [6.45, 7) is 7.14. The van der Waals surface area contributed by atoms with Gasteiger partial charge >= 0.3 is 12.3 Å². The van der Waals surface area contributed by atoms with Crippen molar-refractivity contribution in [3.05, 3.63) is 36.0 Å². The van der Waals surface area contributed by atoms with E-state index in [-0.39, 0.29) is 30.6 Å². The molecule has 33 heavy (non-hydrogen) atoms. The van der Waals surface area contributed by atoms with Crippen LogP contribution in [0.15, 0.2) is 24.8 Å². The third-order valence-electron chi connectivity index (χ3n) is 6.44. The molecule has 3 N–H and O–H groups in total.